The Kier molecular flexibility index (Phi) is 4.82. The van der Waals surface area contributed by atoms with Crippen LogP contribution in [0.5, 0.6) is 0 Å². The molecule has 106 valence electrons. The van der Waals surface area contributed by atoms with Crippen LogP contribution < -0.4 is 0 Å². The Hall–Kier alpha value is -1.78. The summed E-state index contributed by atoms with van der Waals surface area (Å²) in [7, 11) is 1.61. The molecule has 0 fully saturated rings. The van der Waals surface area contributed by atoms with E-state index in [0.29, 0.717) is 17.7 Å². The van der Waals surface area contributed by atoms with E-state index in [0.717, 1.165) is 11.6 Å². The minimum absolute atomic E-state index is 0.165. The van der Waals surface area contributed by atoms with E-state index in [1.165, 1.54) is 12.1 Å². The zero-order valence-corrected chi connectivity index (χ0v) is 11.1. The summed E-state index contributed by atoms with van der Waals surface area (Å²) in [4.78, 5) is 0. The fraction of sp³-hybridized carbons (Fsp3) is 0.250. The number of halogens is 2. The van der Waals surface area contributed by atoms with E-state index in [2.05, 4.69) is 0 Å². The number of aliphatic hydroxyl groups is 1. The predicted molar refractivity (Wildman–Crippen MR) is 72.2 cm³/mol. The van der Waals surface area contributed by atoms with Crippen molar-refractivity contribution in [3.05, 3.63) is 70.8 Å². The Morgan fingerprint density at radius 2 is 1.60 bits per heavy atom. The molecule has 1 atom stereocenters. The molecule has 2 rings (SSSR count). The summed E-state index contributed by atoms with van der Waals surface area (Å²) in [5.74, 6) is -1.27. The molecule has 0 saturated carbocycles. The summed E-state index contributed by atoms with van der Waals surface area (Å²) in [6.45, 7) is 0.505. The van der Waals surface area contributed by atoms with Crippen molar-refractivity contribution in [2.24, 2.45) is 0 Å². The van der Waals surface area contributed by atoms with Crippen LogP contribution in [0.3, 0.4) is 0 Å². The molecule has 0 heterocycles. The van der Waals surface area contributed by atoms with Gasteiger partial charge in [0.15, 0.2) is 0 Å². The lowest BCUT2D eigenvalue weighted by atomic mass is 10.0. The van der Waals surface area contributed by atoms with Gasteiger partial charge in [-0.25, -0.2) is 8.78 Å². The van der Waals surface area contributed by atoms with E-state index >= 15 is 0 Å². The fourth-order valence-corrected chi connectivity index (χ4v) is 2.07. The first-order valence-corrected chi connectivity index (χ1v) is 6.29. The summed E-state index contributed by atoms with van der Waals surface area (Å²) < 4.78 is 31.2. The number of aliphatic hydroxyl groups excluding tert-OH is 1. The Labute approximate surface area is 116 Å². The highest BCUT2D eigenvalue weighted by Gasteiger charge is 2.10. The van der Waals surface area contributed by atoms with Gasteiger partial charge in [-0.3, -0.25) is 0 Å². The number of ether oxygens (including phenoxy) is 1. The lowest BCUT2D eigenvalue weighted by molar-refractivity contribution is 0.177. The predicted octanol–water partition coefficient (Wildman–Crippen LogP) is 3.39. The Morgan fingerprint density at radius 1 is 1.00 bits per heavy atom. The summed E-state index contributed by atoms with van der Waals surface area (Å²) in [5, 5.41) is 10.1. The van der Waals surface area contributed by atoms with E-state index < -0.39 is 17.7 Å². The second kappa shape index (κ2) is 6.59. The molecular formula is C16H16F2O2. The molecule has 0 aromatic heterocycles. The standard InChI is InChI=1S/C16H16F2O2/c1-20-10-11-2-4-13(5-3-11)16(19)8-12-6-14(17)9-15(18)7-12/h2-7,9,16,19H,8,10H2,1H3. The summed E-state index contributed by atoms with van der Waals surface area (Å²) >= 11 is 0. The molecule has 0 aliphatic carbocycles. The minimum Gasteiger partial charge on any atom is -0.388 e. The highest BCUT2D eigenvalue weighted by molar-refractivity contribution is 5.26. The van der Waals surface area contributed by atoms with Crippen molar-refractivity contribution in [3.63, 3.8) is 0 Å². The molecule has 0 aliphatic rings. The molecule has 20 heavy (non-hydrogen) atoms. The van der Waals surface area contributed by atoms with Gasteiger partial charge in [0.2, 0.25) is 0 Å². The maximum Gasteiger partial charge on any atom is 0.126 e. The van der Waals surface area contributed by atoms with Gasteiger partial charge < -0.3 is 9.84 Å². The van der Waals surface area contributed by atoms with Gasteiger partial charge in [-0.1, -0.05) is 24.3 Å². The molecule has 2 aromatic rings. The molecular weight excluding hydrogens is 262 g/mol. The van der Waals surface area contributed by atoms with Crippen LogP contribution in [0.1, 0.15) is 22.8 Å². The highest BCUT2D eigenvalue weighted by Crippen LogP contribution is 2.20. The van der Waals surface area contributed by atoms with E-state index in [9.17, 15) is 13.9 Å². The minimum atomic E-state index is -0.798. The second-order valence-electron chi connectivity index (χ2n) is 4.67. The third-order valence-corrected chi connectivity index (χ3v) is 3.03. The molecule has 1 unspecified atom stereocenters. The first kappa shape index (κ1) is 14.6. The van der Waals surface area contributed by atoms with Crippen molar-refractivity contribution in [1.82, 2.24) is 0 Å². The number of benzene rings is 2. The second-order valence-corrected chi connectivity index (χ2v) is 4.67. The van der Waals surface area contributed by atoms with Crippen molar-refractivity contribution in [3.8, 4) is 0 Å². The van der Waals surface area contributed by atoms with Crippen LogP contribution in [0.2, 0.25) is 0 Å². The van der Waals surface area contributed by atoms with E-state index in [1.54, 1.807) is 19.2 Å². The average Bonchev–Trinajstić information content (AvgIpc) is 2.38. The third-order valence-electron chi connectivity index (χ3n) is 3.03. The number of hydrogen-bond donors (Lipinski definition) is 1. The van der Waals surface area contributed by atoms with Crippen LogP contribution >= 0.6 is 0 Å². The fourth-order valence-electron chi connectivity index (χ4n) is 2.07. The lowest BCUT2D eigenvalue weighted by Crippen LogP contribution is -2.03. The Bertz CT molecular complexity index is 547. The first-order chi connectivity index (χ1) is 9.58. The van der Waals surface area contributed by atoms with E-state index in [4.69, 9.17) is 4.74 Å². The van der Waals surface area contributed by atoms with E-state index in [1.807, 2.05) is 12.1 Å². The normalized spacial score (nSPS) is 12.4. The zero-order valence-electron chi connectivity index (χ0n) is 11.1. The lowest BCUT2D eigenvalue weighted by Gasteiger charge is -2.12. The summed E-state index contributed by atoms with van der Waals surface area (Å²) in [6, 6.07) is 10.6. The molecule has 2 nitrogen and oxygen atoms in total. The van der Waals surface area contributed by atoms with Crippen molar-refractivity contribution >= 4 is 0 Å². The van der Waals surface area contributed by atoms with Gasteiger partial charge >= 0.3 is 0 Å². The summed E-state index contributed by atoms with van der Waals surface area (Å²) in [5.41, 5.74) is 2.13. The SMILES string of the molecule is COCc1ccc(C(O)Cc2cc(F)cc(F)c2)cc1. The maximum atomic E-state index is 13.1. The number of rotatable bonds is 5. The van der Waals surface area contributed by atoms with Gasteiger partial charge in [0.05, 0.1) is 12.7 Å². The van der Waals surface area contributed by atoms with Gasteiger partial charge in [-0.15, -0.1) is 0 Å². The number of methoxy groups -OCH3 is 1. The van der Waals surface area contributed by atoms with Crippen molar-refractivity contribution in [1.29, 1.82) is 0 Å². The monoisotopic (exact) mass is 278 g/mol. The van der Waals surface area contributed by atoms with Crippen LogP contribution in [-0.2, 0) is 17.8 Å². The molecule has 0 spiro atoms. The van der Waals surface area contributed by atoms with Gasteiger partial charge in [0.1, 0.15) is 11.6 Å². The van der Waals surface area contributed by atoms with Crippen LogP contribution in [0, 0.1) is 11.6 Å². The van der Waals surface area contributed by atoms with E-state index in [-0.39, 0.29) is 6.42 Å². The summed E-state index contributed by atoms with van der Waals surface area (Å²) in [6.07, 6.45) is -0.633. The molecule has 0 bridgehead atoms. The molecule has 4 heteroatoms. The maximum absolute atomic E-state index is 13.1. The Balaban J connectivity index is 2.08. The quantitative estimate of drug-likeness (QED) is 0.908. The third kappa shape index (κ3) is 3.85. The van der Waals surface area contributed by atoms with Crippen molar-refractivity contribution in [2.45, 2.75) is 19.1 Å². The van der Waals surface area contributed by atoms with Gasteiger partial charge in [0.25, 0.3) is 0 Å². The van der Waals surface area contributed by atoms with Crippen LogP contribution in [0.4, 0.5) is 8.78 Å². The number of hydrogen-bond acceptors (Lipinski definition) is 2. The molecule has 0 radical (unpaired) electrons. The molecule has 0 saturated heterocycles. The molecule has 2 aromatic carbocycles. The highest BCUT2D eigenvalue weighted by atomic mass is 19.1. The van der Waals surface area contributed by atoms with Crippen molar-refractivity contribution < 1.29 is 18.6 Å². The van der Waals surface area contributed by atoms with Gasteiger partial charge in [0, 0.05) is 19.6 Å². The van der Waals surface area contributed by atoms with Crippen molar-refractivity contribution in [2.75, 3.05) is 7.11 Å². The van der Waals surface area contributed by atoms with Gasteiger partial charge in [-0.2, -0.15) is 0 Å². The zero-order chi connectivity index (χ0) is 14.5. The molecule has 1 N–H and O–H groups in total. The van der Waals surface area contributed by atoms with Crippen LogP contribution in [-0.4, -0.2) is 12.2 Å². The average molecular weight is 278 g/mol. The van der Waals surface area contributed by atoms with Gasteiger partial charge in [-0.05, 0) is 28.8 Å². The first-order valence-electron chi connectivity index (χ1n) is 6.29. The van der Waals surface area contributed by atoms with Crippen LogP contribution in [0.15, 0.2) is 42.5 Å². The molecule has 0 amide bonds. The Morgan fingerprint density at radius 3 is 2.15 bits per heavy atom. The molecule has 0 aliphatic heterocycles. The largest absolute Gasteiger partial charge is 0.388 e. The topological polar surface area (TPSA) is 29.5 Å². The van der Waals surface area contributed by atoms with Crippen LogP contribution in [0.25, 0.3) is 0 Å². The smallest absolute Gasteiger partial charge is 0.126 e.